The van der Waals surface area contributed by atoms with Crippen LogP contribution < -0.4 is 9.47 Å². The van der Waals surface area contributed by atoms with Gasteiger partial charge in [0.1, 0.15) is 0 Å². The molecule has 0 bridgehead atoms. The fraction of sp³-hybridized carbons (Fsp3) is 0.692. The topological polar surface area (TPSA) is 71.1 Å². The molecule has 0 N–H and O–H groups in total. The fourth-order valence-electron chi connectivity index (χ4n) is 3.54. The van der Waals surface area contributed by atoms with Crippen molar-refractivity contribution in [1.82, 2.24) is 0 Å². The number of carbonyl (C=O) groups is 2. The van der Waals surface area contributed by atoms with Crippen LogP contribution >= 0.6 is 0 Å². The van der Waals surface area contributed by atoms with Crippen LogP contribution in [0.4, 0.5) is 0 Å². The van der Waals surface area contributed by atoms with Gasteiger partial charge in [-0.3, -0.25) is 0 Å². The number of fused-ring (bicyclic) bond motifs is 1. The predicted octanol–water partition coefficient (Wildman–Crippen LogP) is 5.71. The van der Waals surface area contributed by atoms with Crippen LogP contribution in [0.15, 0.2) is 24.3 Å². The Morgan fingerprint density at radius 3 is 1.50 bits per heavy atom. The molecule has 0 amide bonds. The lowest BCUT2D eigenvalue weighted by molar-refractivity contribution is -0.174. The average Bonchev–Trinajstić information content (AvgIpc) is 2.77. The highest BCUT2D eigenvalue weighted by atomic mass is 16.6. The second-order valence-electron chi connectivity index (χ2n) is 10.3. The van der Waals surface area contributed by atoms with Gasteiger partial charge >= 0.3 is 11.9 Å². The third-order valence-electron chi connectivity index (χ3n) is 5.72. The largest absolute Gasteiger partial charge is 0.470 e. The lowest BCUT2D eigenvalue weighted by Gasteiger charge is -2.33. The van der Waals surface area contributed by atoms with E-state index in [2.05, 4.69) is 41.5 Å². The summed E-state index contributed by atoms with van der Waals surface area (Å²) in [5, 5.41) is 0. The van der Waals surface area contributed by atoms with Gasteiger partial charge in [-0.1, -0.05) is 79.4 Å². The quantitative estimate of drug-likeness (QED) is 0.381. The van der Waals surface area contributed by atoms with E-state index in [0.29, 0.717) is 11.5 Å². The maximum atomic E-state index is 13.0. The van der Waals surface area contributed by atoms with E-state index in [1.165, 1.54) is 0 Å². The van der Waals surface area contributed by atoms with E-state index >= 15 is 0 Å². The monoisotopic (exact) mass is 448 g/mol. The molecule has 1 aliphatic heterocycles. The molecule has 0 aromatic heterocycles. The van der Waals surface area contributed by atoms with E-state index in [1.54, 1.807) is 24.3 Å². The number of hydrogen-bond acceptors (Lipinski definition) is 6. The Kier molecular flexibility index (Phi) is 9.41. The summed E-state index contributed by atoms with van der Waals surface area (Å²) in [5.41, 5.74) is -0.309. The zero-order valence-electron chi connectivity index (χ0n) is 20.6. The lowest BCUT2D eigenvalue weighted by atomic mass is 9.88. The number of carbonyl (C=O) groups excluding carboxylic acids is 2. The predicted molar refractivity (Wildman–Crippen MR) is 124 cm³/mol. The van der Waals surface area contributed by atoms with Crippen molar-refractivity contribution in [3.8, 4) is 11.5 Å². The first kappa shape index (κ1) is 26.0. The van der Waals surface area contributed by atoms with Gasteiger partial charge < -0.3 is 18.9 Å². The molecular formula is C26H40O6. The molecule has 2 unspecified atom stereocenters. The van der Waals surface area contributed by atoms with Crippen LogP contribution in [-0.4, -0.2) is 37.4 Å². The molecule has 1 heterocycles. The van der Waals surface area contributed by atoms with Crippen molar-refractivity contribution in [3.63, 3.8) is 0 Å². The fourth-order valence-corrected chi connectivity index (χ4v) is 3.54. The van der Waals surface area contributed by atoms with Crippen LogP contribution in [0.3, 0.4) is 0 Å². The van der Waals surface area contributed by atoms with Crippen LogP contribution in [0.2, 0.25) is 0 Å². The highest BCUT2D eigenvalue weighted by molar-refractivity contribution is 5.87. The molecule has 0 radical (unpaired) electrons. The van der Waals surface area contributed by atoms with Crippen LogP contribution in [0.5, 0.6) is 11.5 Å². The van der Waals surface area contributed by atoms with Crippen molar-refractivity contribution in [3.05, 3.63) is 24.3 Å². The van der Waals surface area contributed by atoms with Gasteiger partial charge in [-0.2, -0.15) is 0 Å². The number of para-hydroxylation sites is 2. The summed E-state index contributed by atoms with van der Waals surface area (Å²) in [4.78, 5) is 25.9. The lowest BCUT2D eigenvalue weighted by Crippen LogP contribution is -2.51. The van der Waals surface area contributed by atoms with Crippen molar-refractivity contribution in [1.29, 1.82) is 0 Å². The molecule has 0 spiro atoms. The standard InChI is InChI=1S/C26H40O6/c1-7-9-15-25(3,4)17-29-23(27)21-22(32-20-14-12-11-13-19(20)31-21)24(28)30-18-26(5,6)16-10-8-2/h11-14,21-22H,7-10,15-18H2,1-6H3. The van der Waals surface area contributed by atoms with Gasteiger partial charge in [-0.25, -0.2) is 9.59 Å². The van der Waals surface area contributed by atoms with E-state index in [-0.39, 0.29) is 24.0 Å². The molecule has 1 aromatic carbocycles. The molecule has 2 atom stereocenters. The number of ether oxygens (including phenoxy) is 4. The molecule has 6 heteroatoms. The third-order valence-corrected chi connectivity index (χ3v) is 5.72. The van der Waals surface area contributed by atoms with E-state index in [1.807, 2.05) is 0 Å². The zero-order chi connectivity index (χ0) is 23.8. The first-order chi connectivity index (χ1) is 15.1. The second-order valence-corrected chi connectivity index (χ2v) is 10.3. The maximum Gasteiger partial charge on any atom is 0.352 e. The maximum absolute atomic E-state index is 13.0. The van der Waals surface area contributed by atoms with Crippen LogP contribution in [0, 0.1) is 10.8 Å². The third kappa shape index (κ3) is 7.72. The summed E-state index contributed by atoms with van der Waals surface area (Å²) in [5.74, 6) is -0.411. The Hall–Kier alpha value is -2.24. The molecule has 0 saturated carbocycles. The molecule has 1 aliphatic rings. The number of esters is 2. The normalized spacial score (nSPS) is 18.2. The first-order valence-corrected chi connectivity index (χ1v) is 11.8. The number of unbranched alkanes of at least 4 members (excludes halogenated alkanes) is 2. The van der Waals surface area contributed by atoms with E-state index in [0.717, 1.165) is 38.5 Å². The van der Waals surface area contributed by atoms with Crippen molar-refractivity contribution in [2.45, 2.75) is 92.3 Å². The Bertz CT molecular complexity index is 691. The van der Waals surface area contributed by atoms with E-state index in [4.69, 9.17) is 18.9 Å². The van der Waals surface area contributed by atoms with Crippen LogP contribution in [-0.2, 0) is 19.1 Å². The highest BCUT2D eigenvalue weighted by Gasteiger charge is 2.45. The van der Waals surface area contributed by atoms with Crippen molar-refractivity contribution in [2.24, 2.45) is 10.8 Å². The van der Waals surface area contributed by atoms with Gasteiger partial charge in [-0.15, -0.1) is 0 Å². The first-order valence-electron chi connectivity index (χ1n) is 11.8. The van der Waals surface area contributed by atoms with Gasteiger partial charge in [0, 0.05) is 0 Å². The summed E-state index contributed by atoms with van der Waals surface area (Å²) in [6.45, 7) is 13.0. The zero-order valence-corrected chi connectivity index (χ0v) is 20.6. The van der Waals surface area contributed by atoms with E-state index < -0.39 is 24.1 Å². The Morgan fingerprint density at radius 1 is 0.781 bits per heavy atom. The molecule has 0 saturated heterocycles. The molecule has 180 valence electrons. The van der Waals surface area contributed by atoms with Gasteiger partial charge in [0.15, 0.2) is 11.5 Å². The second kappa shape index (κ2) is 11.6. The van der Waals surface area contributed by atoms with E-state index in [9.17, 15) is 9.59 Å². The summed E-state index contributed by atoms with van der Waals surface area (Å²) in [6.07, 6.45) is 3.75. The van der Waals surface area contributed by atoms with Gasteiger partial charge in [0.2, 0.25) is 12.2 Å². The molecule has 2 rings (SSSR count). The van der Waals surface area contributed by atoms with Crippen LogP contribution in [0.25, 0.3) is 0 Å². The molecular weight excluding hydrogens is 408 g/mol. The number of rotatable bonds is 12. The van der Waals surface area contributed by atoms with Gasteiger partial charge in [0.05, 0.1) is 13.2 Å². The molecule has 1 aromatic rings. The number of hydrogen-bond donors (Lipinski definition) is 0. The Labute approximate surface area is 193 Å². The smallest absolute Gasteiger partial charge is 0.352 e. The summed E-state index contributed by atoms with van der Waals surface area (Å²) < 4.78 is 22.9. The molecule has 6 nitrogen and oxygen atoms in total. The minimum atomic E-state index is -1.21. The SMILES string of the molecule is CCCCC(C)(C)COC(=O)C1Oc2ccccc2OC1C(=O)OCC(C)(C)CCCC. The van der Waals surface area contributed by atoms with Crippen LogP contribution in [0.1, 0.15) is 80.1 Å². The summed E-state index contributed by atoms with van der Waals surface area (Å²) in [6, 6.07) is 6.98. The van der Waals surface area contributed by atoms with Crippen molar-refractivity contribution < 1.29 is 28.5 Å². The Balaban J connectivity index is 2.09. The average molecular weight is 449 g/mol. The molecule has 0 aliphatic carbocycles. The minimum absolute atomic E-state index is 0.154. The highest BCUT2D eigenvalue weighted by Crippen LogP contribution is 2.35. The number of benzene rings is 1. The summed E-state index contributed by atoms with van der Waals surface area (Å²) in [7, 11) is 0. The van der Waals surface area contributed by atoms with Crippen molar-refractivity contribution in [2.75, 3.05) is 13.2 Å². The van der Waals surface area contributed by atoms with Gasteiger partial charge in [0.25, 0.3) is 0 Å². The summed E-state index contributed by atoms with van der Waals surface area (Å²) >= 11 is 0. The minimum Gasteiger partial charge on any atom is -0.470 e. The van der Waals surface area contributed by atoms with Gasteiger partial charge in [-0.05, 0) is 35.8 Å². The molecule has 32 heavy (non-hydrogen) atoms. The Morgan fingerprint density at radius 2 is 1.16 bits per heavy atom. The van der Waals surface area contributed by atoms with Crippen molar-refractivity contribution >= 4 is 11.9 Å². The molecule has 0 fully saturated rings.